The van der Waals surface area contributed by atoms with E-state index in [1.807, 2.05) is 43.3 Å². The van der Waals surface area contributed by atoms with E-state index in [0.29, 0.717) is 25.1 Å². The minimum atomic E-state index is -0.291. The van der Waals surface area contributed by atoms with E-state index < -0.39 is 0 Å². The fourth-order valence-electron chi connectivity index (χ4n) is 2.50. The number of ether oxygens (including phenoxy) is 1. The van der Waals surface area contributed by atoms with Gasteiger partial charge in [-0.05, 0) is 44.3 Å². The van der Waals surface area contributed by atoms with Crippen molar-refractivity contribution in [2.75, 3.05) is 40.8 Å². The molecule has 0 aliphatic rings. The van der Waals surface area contributed by atoms with Gasteiger partial charge in [0.2, 0.25) is 0 Å². The third kappa shape index (κ3) is 6.38. The molecule has 144 valence electrons. The van der Waals surface area contributed by atoms with Crippen LogP contribution in [0.1, 0.15) is 26.4 Å². The maximum Gasteiger partial charge on any atom is 0.269 e. The minimum absolute atomic E-state index is 0.228. The third-order valence-electron chi connectivity index (χ3n) is 3.97. The summed E-state index contributed by atoms with van der Waals surface area (Å²) in [7, 11) is 5.49. The zero-order chi connectivity index (χ0) is 19.6. The normalized spacial score (nSPS) is 10.5. The average molecular weight is 370 g/mol. The molecule has 0 atom stereocenters. The number of pyridine rings is 1. The number of nitrogens with one attached hydrogen (secondary N) is 2. The summed E-state index contributed by atoms with van der Waals surface area (Å²) in [5.41, 5.74) is 1.66. The van der Waals surface area contributed by atoms with Crippen molar-refractivity contribution in [2.24, 2.45) is 0 Å². The van der Waals surface area contributed by atoms with Crippen LogP contribution in [0.4, 0.5) is 0 Å². The molecule has 2 aromatic rings. The minimum Gasteiger partial charge on any atom is -0.496 e. The van der Waals surface area contributed by atoms with Gasteiger partial charge in [-0.1, -0.05) is 18.2 Å². The molecule has 0 aliphatic heterocycles. The van der Waals surface area contributed by atoms with Crippen molar-refractivity contribution < 1.29 is 14.3 Å². The van der Waals surface area contributed by atoms with Crippen LogP contribution in [-0.2, 0) is 6.42 Å². The summed E-state index contributed by atoms with van der Waals surface area (Å²) >= 11 is 0. The van der Waals surface area contributed by atoms with Crippen molar-refractivity contribution in [1.29, 1.82) is 0 Å². The first kappa shape index (κ1) is 20.4. The number of amides is 2. The SMILES string of the molecule is COc1ccccc1CCNC(=O)c1ccnc(C(=O)NCCN(C)C)c1. The first-order valence-electron chi connectivity index (χ1n) is 8.80. The van der Waals surface area contributed by atoms with Crippen LogP contribution in [0.5, 0.6) is 5.75 Å². The lowest BCUT2D eigenvalue weighted by Crippen LogP contribution is -2.32. The molecule has 0 unspecified atom stereocenters. The number of nitrogens with zero attached hydrogens (tertiary/aromatic N) is 2. The van der Waals surface area contributed by atoms with Gasteiger partial charge in [0, 0.05) is 31.4 Å². The molecule has 0 saturated heterocycles. The Morgan fingerprint density at radius 2 is 1.81 bits per heavy atom. The van der Waals surface area contributed by atoms with Gasteiger partial charge in [0.25, 0.3) is 11.8 Å². The number of hydrogen-bond acceptors (Lipinski definition) is 5. The highest BCUT2D eigenvalue weighted by molar-refractivity contribution is 5.98. The number of likely N-dealkylation sites (N-methyl/N-ethyl adjacent to an activating group) is 1. The van der Waals surface area contributed by atoms with E-state index in [-0.39, 0.29) is 17.5 Å². The molecule has 0 saturated carbocycles. The zero-order valence-electron chi connectivity index (χ0n) is 16.0. The number of methoxy groups -OCH3 is 1. The van der Waals surface area contributed by atoms with Crippen LogP contribution in [0.3, 0.4) is 0 Å². The molecule has 1 aromatic heterocycles. The molecule has 1 aromatic carbocycles. The Labute approximate surface area is 159 Å². The largest absolute Gasteiger partial charge is 0.496 e. The van der Waals surface area contributed by atoms with Crippen molar-refractivity contribution in [2.45, 2.75) is 6.42 Å². The van der Waals surface area contributed by atoms with Crippen molar-refractivity contribution in [3.8, 4) is 5.75 Å². The van der Waals surface area contributed by atoms with Gasteiger partial charge in [-0.25, -0.2) is 0 Å². The summed E-state index contributed by atoms with van der Waals surface area (Å²) < 4.78 is 5.31. The highest BCUT2D eigenvalue weighted by Gasteiger charge is 2.12. The molecule has 0 bridgehead atoms. The van der Waals surface area contributed by atoms with Crippen molar-refractivity contribution in [1.82, 2.24) is 20.5 Å². The number of para-hydroxylation sites is 1. The monoisotopic (exact) mass is 370 g/mol. The lowest BCUT2D eigenvalue weighted by atomic mass is 10.1. The van der Waals surface area contributed by atoms with E-state index in [4.69, 9.17) is 4.74 Å². The molecule has 0 radical (unpaired) electrons. The quantitative estimate of drug-likeness (QED) is 0.696. The molecule has 2 rings (SSSR count). The van der Waals surface area contributed by atoms with Gasteiger partial charge >= 0.3 is 0 Å². The van der Waals surface area contributed by atoms with E-state index >= 15 is 0 Å². The molecular formula is C20H26N4O3. The molecule has 7 nitrogen and oxygen atoms in total. The summed E-state index contributed by atoms with van der Waals surface area (Å²) in [5, 5.41) is 5.65. The summed E-state index contributed by atoms with van der Waals surface area (Å²) in [6, 6.07) is 10.8. The molecule has 2 N–H and O–H groups in total. The molecular weight excluding hydrogens is 344 g/mol. The summed E-state index contributed by atoms with van der Waals surface area (Å²) in [6.45, 7) is 1.71. The molecule has 2 amide bonds. The predicted molar refractivity (Wildman–Crippen MR) is 104 cm³/mol. The Morgan fingerprint density at radius 1 is 1.07 bits per heavy atom. The van der Waals surface area contributed by atoms with Gasteiger partial charge in [-0.15, -0.1) is 0 Å². The molecule has 1 heterocycles. The van der Waals surface area contributed by atoms with E-state index in [2.05, 4.69) is 15.6 Å². The highest BCUT2D eigenvalue weighted by atomic mass is 16.5. The topological polar surface area (TPSA) is 83.6 Å². The Kier molecular flexibility index (Phi) is 7.76. The summed E-state index contributed by atoms with van der Waals surface area (Å²) in [5.74, 6) is 0.266. The third-order valence-corrected chi connectivity index (χ3v) is 3.97. The van der Waals surface area contributed by atoms with Gasteiger partial charge < -0.3 is 20.3 Å². The van der Waals surface area contributed by atoms with Crippen molar-refractivity contribution >= 4 is 11.8 Å². The first-order valence-corrected chi connectivity index (χ1v) is 8.80. The smallest absolute Gasteiger partial charge is 0.269 e. The fourth-order valence-corrected chi connectivity index (χ4v) is 2.50. The molecule has 0 spiro atoms. The summed E-state index contributed by atoms with van der Waals surface area (Å²) in [6.07, 6.45) is 2.12. The molecule has 0 fully saturated rings. The van der Waals surface area contributed by atoms with Crippen molar-refractivity contribution in [3.05, 3.63) is 59.4 Å². The Hall–Kier alpha value is -2.93. The summed E-state index contributed by atoms with van der Waals surface area (Å²) in [4.78, 5) is 30.5. The Bertz CT molecular complexity index is 777. The van der Waals surface area contributed by atoms with Gasteiger partial charge in [-0.3, -0.25) is 14.6 Å². The van der Waals surface area contributed by atoms with E-state index in [0.717, 1.165) is 17.9 Å². The van der Waals surface area contributed by atoms with Gasteiger partial charge in [0.15, 0.2) is 0 Å². The van der Waals surface area contributed by atoms with E-state index in [1.165, 1.54) is 12.3 Å². The van der Waals surface area contributed by atoms with Gasteiger partial charge in [0.1, 0.15) is 11.4 Å². The number of carbonyl (C=O) groups is 2. The number of aromatic nitrogens is 1. The Balaban J connectivity index is 1.90. The maximum absolute atomic E-state index is 12.4. The molecule has 27 heavy (non-hydrogen) atoms. The van der Waals surface area contributed by atoms with Crippen LogP contribution >= 0.6 is 0 Å². The second kappa shape index (κ2) is 10.3. The Morgan fingerprint density at radius 3 is 2.56 bits per heavy atom. The van der Waals surface area contributed by atoms with Crippen LogP contribution in [0.15, 0.2) is 42.6 Å². The lowest BCUT2D eigenvalue weighted by molar-refractivity contribution is 0.0946. The average Bonchev–Trinajstić information content (AvgIpc) is 2.68. The van der Waals surface area contributed by atoms with Crippen LogP contribution in [-0.4, -0.2) is 62.5 Å². The highest BCUT2D eigenvalue weighted by Crippen LogP contribution is 2.17. The number of hydrogen-bond donors (Lipinski definition) is 2. The number of benzene rings is 1. The predicted octanol–water partition coefficient (Wildman–Crippen LogP) is 1.35. The number of carbonyl (C=O) groups excluding carboxylic acids is 2. The second-order valence-electron chi connectivity index (χ2n) is 6.31. The van der Waals surface area contributed by atoms with E-state index in [1.54, 1.807) is 13.2 Å². The molecule has 7 heteroatoms. The fraction of sp³-hybridized carbons (Fsp3) is 0.350. The second-order valence-corrected chi connectivity index (χ2v) is 6.31. The van der Waals surface area contributed by atoms with Crippen LogP contribution in [0, 0.1) is 0 Å². The van der Waals surface area contributed by atoms with Crippen LogP contribution in [0.2, 0.25) is 0 Å². The zero-order valence-corrected chi connectivity index (χ0v) is 16.0. The lowest BCUT2D eigenvalue weighted by Gasteiger charge is -2.11. The van der Waals surface area contributed by atoms with Gasteiger partial charge in [0.05, 0.1) is 7.11 Å². The van der Waals surface area contributed by atoms with Gasteiger partial charge in [-0.2, -0.15) is 0 Å². The maximum atomic E-state index is 12.4. The van der Waals surface area contributed by atoms with Crippen molar-refractivity contribution in [3.63, 3.8) is 0 Å². The van der Waals surface area contributed by atoms with Crippen LogP contribution in [0.25, 0.3) is 0 Å². The van der Waals surface area contributed by atoms with Crippen LogP contribution < -0.4 is 15.4 Å². The van der Waals surface area contributed by atoms with E-state index in [9.17, 15) is 9.59 Å². The standard InChI is InChI=1S/C20H26N4O3/c1-24(2)13-12-23-20(26)17-14-16(9-10-21-17)19(25)22-11-8-15-6-4-5-7-18(15)27-3/h4-7,9-10,14H,8,11-13H2,1-3H3,(H,22,25)(H,23,26). The first-order chi connectivity index (χ1) is 13.0. The number of rotatable bonds is 9. The molecule has 0 aliphatic carbocycles.